The van der Waals surface area contributed by atoms with Gasteiger partial charge in [0.05, 0.1) is 28.6 Å². The van der Waals surface area contributed by atoms with Crippen LogP contribution in [0.5, 0.6) is 0 Å². The van der Waals surface area contributed by atoms with Gasteiger partial charge >= 0.3 is 0 Å². The zero-order valence-electron chi connectivity index (χ0n) is 10.8. The number of hydrogen-bond acceptors (Lipinski definition) is 5. The monoisotopic (exact) mass is 338 g/mol. The largest absolute Gasteiger partial charge is 0.282 e. The quantitative estimate of drug-likeness (QED) is 0.840. The van der Waals surface area contributed by atoms with Gasteiger partial charge in [-0.25, -0.2) is 21.8 Å². The lowest BCUT2D eigenvalue weighted by Crippen LogP contribution is -2.36. The third kappa shape index (κ3) is 3.62. The van der Waals surface area contributed by atoms with E-state index >= 15 is 0 Å². The molecule has 0 atom stereocenters. The standard InChI is InChI=1S/C11H15ClN2O4S2/c1-8-6-9(7-13-11(8)12)14-20(17,18)10-2-4-19(15,16)5-3-10/h6-7,10,14H,2-5H2,1H3. The topological polar surface area (TPSA) is 93.2 Å². The smallest absolute Gasteiger partial charge is 0.235 e. The summed E-state index contributed by atoms with van der Waals surface area (Å²) < 4.78 is 49.5. The fraction of sp³-hybridized carbons (Fsp3) is 0.545. The van der Waals surface area contributed by atoms with Crippen molar-refractivity contribution in [1.82, 2.24) is 4.98 Å². The molecule has 1 aromatic heterocycles. The number of sulfone groups is 1. The van der Waals surface area contributed by atoms with Gasteiger partial charge in [-0.05, 0) is 31.4 Å². The van der Waals surface area contributed by atoms with E-state index in [1.807, 2.05) is 0 Å². The highest BCUT2D eigenvalue weighted by atomic mass is 35.5. The second-order valence-corrected chi connectivity index (χ2v) is 9.45. The molecule has 2 heterocycles. The highest BCUT2D eigenvalue weighted by Crippen LogP contribution is 2.23. The molecule has 112 valence electrons. The number of aromatic nitrogens is 1. The van der Waals surface area contributed by atoms with Crippen molar-refractivity contribution in [2.45, 2.75) is 25.0 Å². The van der Waals surface area contributed by atoms with E-state index in [4.69, 9.17) is 11.6 Å². The number of sulfonamides is 1. The predicted molar refractivity (Wildman–Crippen MR) is 78.2 cm³/mol. The second kappa shape index (κ2) is 5.50. The molecule has 0 radical (unpaired) electrons. The Kier molecular flexibility index (Phi) is 4.27. The van der Waals surface area contributed by atoms with E-state index < -0.39 is 25.1 Å². The minimum Gasteiger partial charge on any atom is -0.282 e. The molecule has 2 rings (SSSR count). The summed E-state index contributed by atoms with van der Waals surface area (Å²) in [6, 6.07) is 1.59. The van der Waals surface area contributed by atoms with Crippen LogP contribution in [0, 0.1) is 6.92 Å². The van der Waals surface area contributed by atoms with E-state index in [0.717, 1.165) is 0 Å². The Morgan fingerprint density at radius 1 is 1.35 bits per heavy atom. The van der Waals surface area contributed by atoms with Crippen LogP contribution in [0.1, 0.15) is 18.4 Å². The number of nitrogens with one attached hydrogen (secondary N) is 1. The normalized spacial score (nSPS) is 19.7. The summed E-state index contributed by atoms with van der Waals surface area (Å²) >= 11 is 5.78. The average Bonchev–Trinajstić information content (AvgIpc) is 2.33. The minimum absolute atomic E-state index is 0.0868. The van der Waals surface area contributed by atoms with Crippen molar-refractivity contribution < 1.29 is 16.8 Å². The van der Waals surface area contributed by atoms with E-state index in [1.165, 1.54) is 6.20 Å². The third-order valence-corrected chi connectivity index (χ3v) is 7.20. The summed E-state index contributed by atoms with van der Waals surface area (Å²) in [5.41, 5.74) is 0.999. The number of anilines is 1. The second-order valence-electron chi connectivity index (χ2n) is 4.83. The van der Waals surface area contributed by atoms with Gasteiger partial charge in [0.25, 0.3) is 0 Å². The van der Waals surface area contributed by atoms with Crippen molar-refractivity contribution in [3.8, 4) is 0 Å². The van der Waals surface area contributed by atoms with Gasteiger partial charge in [-0.3, -0.25) is 4.72 Å². The van der Waals surface area contributed by atoms with Gasteiger partial charge in [0, 0.05) is 0 Å². The van der Waals surface area contributed by atoms with Crippen molar-refractivity contribution in [3.05, 3.63) is 23.0 Å². The average molecular weight is 339 g/mol. The molecule has 0 amide bonds. The molecule has 0 aliphatic carbocycles. The Labute approximate surface area is 123 Å². The maximum absolute atomic E-state index is 12.2. The molecule has 0 bridgehead atoms. The van der Waals surface area contributed by atoms with Crippen LogP contribution in [0.3, 0.4) is 0 Å². The number of aryl methyl sites for hydroxylation is 1. The van der Waals surface area contributed by atoms with Gasteiger partial charge in [0.1, 0.15) is 15.0 Å². The van der Waals surface area contributed by atoms with Gasteiger partial charge < -0.3 is 0 Å². The van der Waals surface area contributed by atoms with Crippen molar-refractivity contribution in [3.63, 3.8) is 0 Å². The summed E-state index contributed by atoms with van der Waals surface area (Å²) in [7, 11) is -6.70. The van der Waals surface area contributed by atoms with E-state index in [9.17, 15) is 16.8 Å². The maximum Gasteiger partial charge on any atom is 0.235 e. The van der Waals surface area contributed by atoms with E-state index in [1.54, 1.807) is 13.0 Å². The molecular weight excluding hydrogens is 324 g/mol. The minimum atomic E-state index is -3.61. The Hall–Kier alpha value is -0.860. The Morgan fingerprint density at radius 2 is 1.95 bits per heavy atom. The lowest BCUT2D eigenvalue weighted by atomic mass is 10.2. The molecule has 0 aromatic carbocycles. The summed E-state index contributed by atoms with van der Waals surface area (Å²) in [5, 5.41) is -0.376. The van der Waals surface area contributed by atoms with Gasteiger partial charge in [-0.15, -0.1) is 0 Å². The lowest BCUT2D eigenvalue weighted by Gasteiger charge is -2.22. The van der Waals surface area contributed by atoms with Crippen molar-refractivity contribution in [1.29, 1.82) is 0 Å². The van der Waals surface area contributed by atoms with Crippen LogP contribution in [-0.2, 0) is 19.9 Å². The summed E-state index contributed by atoms with van der Waals surface area (Å²) in [6.45, 7) is 1.72. The van der Waals surface area contributed by atoms with Crippen LogP contribution in [0.25, 0.3) is 0 Å². The highest BCUT2D eigenvalue weighted by molar-refractivity contribution is 7.94. The fourth-order valence-corrected chi connectivity index (χ4v) is 5.40. The number of halogens is 1. The molecule has 1 fully saturated rings. The third-order valence-electron chi connectivity index (χ3n) is 3.21. The summed E-state index contributed by atoms with van der Waals surface area (Å²) in [5.74, 6) is -0.174. The highest BCUT2D eigenvalue weighted by Gasteiger charge is 2.32. The number of pyridine rings is 1. The molecule has 9 heteroatoms. The van der Waals surface area contributed by atoms with Crippen LogP contribution in [0.4, 0.5) is 5.69 Å². The predicted octanol–water partition coefficient (Wildman–Crippen LogP) is 1.36. The molecule has 1 aromatic rings. The molecule has 0 unspecified atom stereocenters. The number of nitrogens with zero attached hydrogens (tertiary/aromatic N) is 1. The lowest BCUT2D eigenvalue weighted by molar-refractivity contribution is 0.555. The Balaban J connectivity index is 2.13. The molecule has 20 heavy (non-hydrogen) atoms. The summed E-state index contributed by atoms with van der Waals surface area (Å²) in [6.07, 6.45) is 1.59. The van der Waals surface area contributed by atoms with Crippen molar-refractivity contribution in [2.75, 3.05) is 16.2 Å². The number of rotatable bonds is 3. The fourth-order valence-electron chi connectivity index (χ4n) is 2.04. The zero-order chi connectivity index (χ0) is 15.0. The first-order chi connectivity index (χ1) is 9.20. The molecule has 6 nitrogen and oxygen atoms in total. The Morgan fingerprint density at radius 3 is 2.50 bits per heavy atom. The van der Waals surface area contributed by atoms with Crippen molar-refractivity contribution in [2.24, 2.45) is 0 Å². The zero-order valence-corrected chi connectivity index (χ0v) is 13.2. The molecular formula is C11H15ClN2O4S2. The van der Waals surface area contributed by atoms with E-state index in [0.29, 0.717) is 16.4 Å². The van der Waals surface area contributed by atoms with Gasteiger partial charge in [0.2, 0.25) is 10.0 Å². The Bertz CT molecular complexity index is 702. The van der Waals surface area contributed by atoms with Crippen LogP contribution < -0.4 is 4.72 Å². The summed E-state index contributed by atoms with van der Waals surface area (Å²) in [4.78, 5) is 3.87. The van der Waals surface area contributed by atoms with E-state index in [-0.39, 0.29) is 24.3 Å². The first kappa shape index (κ1) is 15.5. The molecule has 0 spiro atoms. The SMILES string of the molecule is Cc1cc(NS(=O)(=O)C2CCS(=O)(=O)CC2)cnc1Cl. The van der Waals surface area contributed by atoms with Crippen LogP contribution >= 0.6 is 11.6 Å². The van der Waals surface area contributed by atoms with E-state index in [2.05, 4.69) is 9.71 Å². The molecule has 0 saturated carbocycles. The first-order valence-electron chi connectivity index (χ1n) is 6.04. The van der Waals surface area contributed by atoms with Gasteiger partial charge in [-0.1, -0.05) is 11.6 Å². The van der Waals surface area contributed by atoms with Crippen LogP contribution in [0.2, 0.25) is 5.15 Å². The molecule has 1 aliphatic heterocycles. The number of hydrogen-bond donors (Lipinski definition) is 1. The van der Waals surface area contributed by atoms with Gasteiger partial charge in [-0.2, -0.15) is 0 Å². The van der Waals surface area contributed by atoms with Gasteiger partial charge in [0.15, 0.2) is 0 Å². The first-order valence-corrected chi connectivity index (χ1v) is 9.78. The maximum atomic E-state index is 12.2. The van der Waals surface area contributed by atoms with Crippen LogP contribution in [-0.4, -0.2) is 38.6 Å². The van der Waals surface area contributed by atoms with Crippen LogP contribution in [0.15, 0.2) is 12.3 Å². The molecule has 1 N–H and O–H groups in total. The molecule has 1 saturated heterocycles. The molecule has 1 aliphatic rings. The van der Waals surface area contributed by atoms with Crippen molar-refractivity contribution >= 4 is 37.1 Å².